The van der Waals surface area contributed by atoms with Crippen molar-refractivity contribution >= 4 is 35.1 Å². The molecule has 2 aliphatic heterocycles. The van der Waals surface area contributed by atoms with E-state index < -0.39 is 0 Å². The number of piperazine rings is 1. The average Bonchev–Trinajstić information content (AvgIpc) is 2.94. The van der Waals surface area contributed by atoms with Gasteiger partial charge in [-0.05, 0) is 61.7 Å². The summed E-state index contributed by atoms with van der Waals surface area (Å²) in [6.45, 7) is 8.53. The summed E-state index contributed by atoms with van der Waals surface area (Å²) < 4.78 is 11.7. The first-order chi connectivity index (χ1) is 19.4. The summed E-state index contributed by atoms with van der Waals surface area (Å²) in [4.78, 5) is 25.8. The Bertz CT molecular complexity index is 1280. The van der Waals surface area contributed by atoms with Crippen LogP contribution in [0.4, 0.5) is 10.6 Å². The number of carbonyl (C=O) groups excluding carboxylic acids is 1. The van der Waals surface area contributed by atoms with Gasteiger partial charge in [-0.1, -0.05) is 23.2 Å². The second-order valence-electron chi connectivity index (χ2n) is 9.96. The van der Waals surface area contributed by atoms with E-state index in [2.05, 4.69) is 25.4 Å². The molecule has 2 fully saturated rings. The van der Waals surface area contributed by atoms with E-state index in [1.54, 1.807) is 12.3 Å². The molecule has 2 N–H and O–H groups in total. The molecular formula is C29H34Cl2N6O3. The van der Waals surface area contributed by atoms with E-state index in [1.165, 1.54) is 0 Å². The highest BCUT2D eigenvalue weighted by Crippen LogP contribution is 2.31. The molecule has 2 saturated heterocycles. The number of hydrogen-bond acceptors (Lipinski definition) is 8. The molecule has 212 valence electrons. The third kappa shape index (κ3) is 7.75. The topological polar surface area (TPSA) is 91.8 Å². The van der Waals surface area contributed by atoms with Crippen LogP contribution in [0.15, 0.2) is 48.7 Å². The van der Waals surface area contributed by atoms with Crippen LogP contribution in [0.25, 0.3) is 11.3 Å². The lowest BCUT2D eigenvalue weighted by atomic mass is 10.1. The lowest BCUT2D eigenvalue weighted by molar-refractivity contribution is 0.0490. The van der Waals surface area contributed by atoms with E-state index in [9.17, 15) is 4.79 Å². The summed E-state index contributed by atoms with van der Waals surface area (Å²) in [5.74, 6) is 2.01. The van der Waals surface area contributed by atoms with Gasteiger partial charge >= 0.3 is 6.09 Å². The van der Waals surface area contributed by atoms with Gasteiger partial charge in [-0.15, -0.1) is 0 Å². The van der Waals surface area contributed by atoms with Crippen LogP contribution in [0.2, 0.25) is 10.0 Å². The highest BCUT2D eigenvalue weighted by molar-refractivity contribution is 6.35. The number of aromatic nitrogens is 2. The van der Waals surface area contributed by atoms with Crippen LogP contribution in [-0.2, 0) is 11.3 Å². The van der Waals surface area contributed by atoms with Crippen LogP contribution in [-0.4, -0.2) is 72.9 Å². The van der Waals surface area contributed by atoms with Gasteiger partial charge in [0.25, 0.3) is 0 Å². The number of anilines is 1. The SMILES string of the molecule is CCNC(=O)OC1CCN(Cc2cc(Oc3ccc(N4CCNCC4)nc3)nc(-c3cc(Cl)cc(Cl)c3)c2)CC1. The molecule has 0 radical (unpaired) electrons. The van der Waals surface area contributed by atoms with Gasteiger partial charge in [0.05, 0.1) is 11.9 Å². The zero-order chi connectivity index (χ0) is 27.9. The normalized spacial score (nSPS) is 16.5. The minimum atomic E-state index is -0.350. The Morgan fingerprint density at radius 3 is 2.48 bits per heavy atom. The minimum Gasteiger partial charge on any atom is -0.446 e. The molecule has 0 saturated carbocycles. The highest BCUT2D eigenvalue weighted by Gasteiger charge is 2.23. The van der Waals surface area contributed by atoms with E-state index in [0.717, 1.165) is 74.7 Å². The van der Waals surface area contributed by atoms with Gasteiger partial charge < -0.3 is 25.0 Å². The molecule has 1 amide bonds. The van der Waals surface area contributed by atoms with Gasteiger partial charge in [-0.25, -0.2) is 14.8 Å². The number of carbonyl (C=O) groups is 1. The van der Waals surface area contributed by atoms with E-state index in [-0.39, 0.29) is 12.2 Å². The first-order valence-corrected chi connectivity index (χ1v) is 14.4. The van der Waals surface area contributed by atoms with Crippen LogP contribution in [0.1, 0.15) is 25.3 Å². The molecule has 0 unspecified atom stereocenters. The van der Waals surface area contributed by atoms with Crippen molar-refractivity contribution in [2.75, 3.05) is 50.7 Å². The lowest BCUT2D eigenvalue weighted by Gasteiger charge is -2.31. The average molecular weight is 586 g/mol. The van der Waals surface area contributed by atoms with Gasteiger partial charge in [0.2, 0.25) is 5.88 Å². The number of rotatable bonds is 8. The molecule has 0 bridgehead atoms. The van der Waals surface area contributed by atoms with Crippen molar-refractivity contribution < 1.29 is 14.3 Å². The number of nitrogens with zero attached hydrogens (tertiary/aromatic N) is 4. The van der Waals surface area contributed by atoms with Crippen LogP contribution < -0.4 is 20.3 Å². The molecular weight excluding hydrogens is 551 g/mol. The number of likely N-dealkylation sites (tertiary alicyclic amines) is 1. The van der Waals surface area contributed by atoms with Crippen molar-refractivity contribution in [2.45, 2.75) is 32.4 Å². The fourth-order valence-electron chi connectivity index (χ4n) is 4.97. The fraction of sp³-hybridized carbons (Fsp3) is 0.414. The van der Waals surface area contributed by atoms with Crippen molar-refractivity contribution in [3.63, 3.8) is 0 Å². The monoisotopic (exact) mass is 584 g/mol. The molecule has 0 spiro atoms. The van der Waals surface area contributed by atoms with Crippen LogP contribution in [0, 0.1) is 0 Å². The Morgan fingerprint density at radius 2 is 1.80 bits per heavy atom. The number of benzene rings is 1. The summed E-state index contributed by atoms with van der Waals surface area (Å²) in [6.07, 6.45) is 2.89. The molecule has 5 rings (SSSR count). The number of hydrogen-bond donors (Lipinski definition) is 2. The van der Waals surface area contributed by atoms with Crippen LogP contribution in [0.3, 0.4) is 0 Å². The van der Waals surface area contributed by atoms with Gasteiger partial charge in [0.15, 0.2) is 0 Å². The summed E-state index contributed by atoms with van der Waals surface area (Å²) in [5, 5.41) is 7.14. The maximum Gasteiger partial charge on any atom is 0.407 e. The molecule has 4 heterocycles. The van der Waals surface area contributed by atoms with E-state index in [4.69, 9.17) is 37.7 Å². The van der Waals surface area contributed by atoms with Crippen LogP contribution in [0.5, 0.6) is 11.6 Å². The summed E-state index contributed by atoms with van der Waals surface area (Å²) in [6, 6.07) is 13.3. The largest absolute Gasteiger partial charge is 0.446 e. The molecule has 2 aromatic heterocycles. The standard InChI is InChI=1S/C29H34Cl2N6O3/c1-2-33-29(38)40-24-5-9-36(10-6-24)19-20-13-26(21-15-22(30)17-23(31)16-21)35-28(14-20)39-25-3-4-27(34-18-25)37-11-7-32-8-12-37/h3-4,13-18,24,32H,2,5-12,19H2,1H3,(H,33,38). The molecule has 0 aliphatic carbocycles. The maximum atomic E-state index is 11.8. The Hall–Kier alpha value is -3.11. The predicted molar refractivity (Wildman–Crippen MR) is 158 cm³/mol. The summed E-state index contributed by atoms with van der Waals surface area (Å²) in [7, 11) is 0. The third-order valence-corrected chi connectivity index (χ3v) is 7.38. The quantitative estimate of drug-likeness (QED) is 0.365. The first-order valence-electron chi connectivity index (χ1n) is 13.7. The first kappa shape index (κ1) is 28.4. The number of pyridine rings is 2. The highest BCUT2D eigenvalue weighted by atomic mass is 35.5. The number of nitrogens with one attached hydrogen (secondary N) is 2. The van der Waals surface area contributed by atoms with Gasteiger partial charge in [0, 0.05) is 74.0 Å². The Morgan fingerprint density at radius 1 is 1.05 bits per heavy atom. The number of piperidine rings is 1. The predicted octanol–water partition coefficient (Wildman–Crippen LogP) is 5.36. The van der Waals surface area contributed by atoms with E-state index in [0.29, 0.717) is 34.8 Å². The zero-order valence-corrected chi connectivity index (χ0v) is 24.0. The zero-order valence-electron chi connectivity index (χ0n) is 22.5. The second-order valence-corrected chi connectivity index (χ2v) is 10.8. The molecule has 40 heavy (non-hydrogen) atoms. The molecule has 11 heteroatoms. The Kier molecular flexibility index (Phi) is 9.59. The lowest BCUT2D eigenvalue weighted by Crippen LogP contribution is -2.43. The number of alkyl carbamates (subject to hydrolysis) is 1. The summed E-state index contributed by atoms with van der Waals surface area (Å²) >= 11 is 12.6. The molecule has 0 atom stereocenters. The van der Waals surface area contributed by atoms with Crippen molar-refractivity contribution in [2.24, 2.45) is 0 Å². The van der Waals surface area contributed by atoms with Gasteiger partial charge in [-0.3, -0.25) is 4.90 Å². The fourth-order valence-corrected chi connectivity index (χ4v) is 5.49. The van der Waals surface area contributed by atoms with Crippen molar-refractivity contribution in [1.82, 2.24) is 25.5 Å². The number of ether oxygens (including phenoxy) is 2. The van der Waals surface area contributed by atoms with Crippen molar-refractivity contribution in [3.8, 4) is 22.9 Å². The second kappa shape index (κ2) is 13.5. The number of halogens is 2. The van der Waals surface area contributed by atoms with Gasteiger partial charge in [0.1, 0.15) is 17.7 Å². The number of amides is 1. The van der Waals surface area contributed by atoms with Crippen molar-refractivity contribution in [3.05, 3.63) is 64.3 Å². The smallest absolute Gasteiger partial charge is 0.407 e. The Balaban J connectivity index is 1.32. The van der Waals surface area contributed by atoms with Gasteiger partial charge in [-0.2, -0.15) is 0 Å². The maximum absolute atomic E-state index is 11.8. The summed E-state index contributed by atoms with van der Waals surface area (Å²) in [5.41, 5.74) is 2.58. The van der Waals surface area contributed by atoms with Crippen molar-refractivity contribution in [1.29, 1.82) is 0 Å². The van der Waals surface area contributed by atoms with Crippen LogP contribution >= 0.6 is 23.2 Å². The molecule has 1 aromatic carbocycles. The minimum absolute atomic E-state index is 0.0695. The Labute approximate surface area is 244 Å². The van der Waals surface area contributed by atoms with E-state index in [1.807, 2.05) is 43.3 Å². The molecule has 3 aromatic rings. The van der Waals surface area contributed by atoms with E-state index >= 15 is 0 Å². The third-order valence-electron chi connectivity index (χ3n) is 6.94. The molecule has 9 nitrogen and oxygen atoms in total. The molecule has 2 aliphatic rings.